The van der Waals surface area contributed by atoms with E-state index in [9.17, 15) is 14.7 Å². The molecule has 2 aromatic rings. The van der Waals surface area contributed by atoms with Crippen molar-refractivity contribution in [2.45, 2.75) is 0 Å². The van der Waals surface area contributed by atoms with Gasteiger partial charge in [-0.3, -0.25) is 4.79 Å². The summed E-state index contributed by atoms with van der Waals surface area (Å²) in [4.78, 5) is 22.7. The summed E-state index contributed by atoms with van der Waals surface area (Å²) in [6.07, 6.45) is 1.37. The topological polar surface area (TPSA) is 93.0 Å². The zero-order valence-electron chi connectivity index (χ0n) is 11.7. The van der Waals surface area contributed by atoms with E-state index in [2.05, 4.69) is 5.32 Å². The molecule has 0 saturated heterocycles. The Morgan fingerprint density at radius 2 is 1.70 bits per heavy atom. The van der Waals surface area contributed by atoms with E-state index >= 15 is 0 Å². The van der Waals surface area contributed by atoms with Crippen molar-refractivity contribution in [1.29, 1.82) is 5.26 Å². The molecule has 0 aliphatic heterocycles. The van der Waals surface area contributed by atoms with Gasteiger partial charge in [0.1, 0.15) is 11.6 Å². The van der Waals surface area contributed by atoms with Crippen LogP contribution in [0.4, 0.5) is 5.69 Å². The van der Waals surface area contributed by atoms with Gasteiger partial charge in [0.2, 0.25) is 0 Å². The van der Waals surface area contributed by atoms with Crippen molar-refractivity contribution in [1.82, 2.24) is 0 Å². The summed E-state index contributed by atoms with van der Waals surface area (Å²) in [6.45, 7) is 0. The van der Waals surface area contributed by atoms with Crippen LogP contribution in [0.5, 0.6) is 0 Å². The molecule has 114 valence electrons. The summed E-state index contributed by atoms with van der Waals surface area (Å²) in [6, 6.07) is 13.9. The van der Waals surface area contributed by atoms with Crippen molar-refractivity contribution in [3.8, 4) is 6.07 Å². The second kappa shape index (κ2) is 7.25. The first-order valence-electron chi connectivity index (χ1n) is 6.50. The van der Waals surface area contributed by atoms with Gasteiger partial charge in [0.05, 0.1) is 5.97 Å². The van der Waals surface area contributed by atoms with Crippen LogP contribution < -0.4 is 10.4 Å². The molecule has 0 fully saturated rings. The lowest BCUT2D eigenvalue weighted by atomic mass is 10.1. The Hall–Kier alpha value is -3.10. The maximum atomic E-state index is 12.1. The number of nitrogens with one attached hydrogen (secondary N) is 1. The molecular formula is C17H10ClN2O3-. The number of anilines is 1. The molecule has 0 spiro atoms. The van der Waals surface area contributed by atoms with E-state index in [-0.39, 0.29) is 11.1 Å². The number of hydrogen-bond donors (Lipinski definition) is 1. The van der Waals surface area contributed by atoms with Crippen LogP contribution >= 0.6 is 11.6 Å². The highest BCUT2D eigenvalue weighted by Gasteiger charge is 2.09. The zero-order chi connectivity index (χ0) is 16.8. The maximum Gasteiger partial charge on any atom is 0.266 e. The third-order valence-corrected chi connectivity index (χ3v) is 3.18. The third-order valence-electron chi connectivity index (χ3n) is 2.92. The number of carbonyl (C=O) groups is 2. The Balaban J connectivity index is 2.17. The molecule has 0 aliphatic rings. The highest BCUT2D eigenvalue weighted by atomic mass is 35.5. The van der Waals surface area contributed by atoms with E-state index in [1.807, 2.05) is 6.07 Å². The molecule has 23 heavy (non-hydrogen) atoms. The molecule has 0 aliphatic carbocycles. The van der Waals surface area contributed by atoms with Crippen molar-refractivity contribution in [3.63, 3.8) is 0 Å². The van der Waals surface area contributed by atoms with Crippen molar-refractivity contribution in [2.24, 2.45) is 0 Å². The molecule has 1 amide bonds. The average Bonchev–Trinajstić information content (AvgIpc) is 2.55. The number of halogens is 1. The van der Waals surface area contributed by atoms with Gasteiger partial charge < -0.3 is 15.2 Å². The molecule has 0 saturated carbocycles. The molecule has 0 unspecified atom stereocenters. The van der Waals surface area contributed by atoms with Crippen LogP contribution in [0, 0.1) is 11.3 Å². The fraction of sp³-hybridized carbons (Fsp3) is 0. The summed E-state index contributed by atoms with van der Waals surface area (Å²) >= 11 is 5.76. The average molecular weight is 326 g/mol. The maximum absolute atomic E-state index is 12.1. The van der Waals surface area contributed by atoms with Gasteiger partial charge in [-0.2, -0.15) is 5.26 Å². The lowest BCUT2D eigenvalue weighted by Gasteiger charge is -2.05. The zero-order valence-corrected chi connectivity index (χ0v) is 12.5. The van der Waals surface area contributed by atoms with Gasteiger partial charge >= 0.3 is 0 Å². The Bertz CT molecular complexity index is 803. The smallest absolute Gasteiger partial charge is 0.266 e. The van der Waals surface area contributed by atoms with Crippen molar-refractivity contribution >= 4 is 35.2 Å². The minimum absolute atomic E-state index is 0.0197. The van der Waals surface area contributed by atoms with E-state index in [0.717, 1.165) is 0 Å². The van der Waals surface area contributed by atoms with Gasteiger partial charge in [-0.1, -0.05) is 35.9 Å². The van der Waals surface area contributed by atoms with Crippen LogP contribution in [0.1, 0.15) is 15.9 Å². The predicted molar refractivity (Wildman–Crippen MR) is 84.4 cm³/mol. The van der Waals surface area contributed by atoms with E-state index in [4.69, 9.17) is 16.9 Å². The Kier molecular flexibility index (Phi) is 5.13. The van der Waals surface area contributed by atoms with Gasteiger partial charge in [-0.15, -0.1) is 0 Å². The van der Waals surface area contributed by atoms with Gasteiger partial charge in [0.15, 0.2) is 0 Å². The Morgan fingerprint density at radius 3 is 2.22 bits per heavy atom. The number of nitriles is 1. The second-order valence-electron chi connectivity index (χ2n) is 4.54. The summed E-state index contributed by atoms with van der Waals surface area (Å²) in [5, 5.41) is 22.9. The molecule has 2 rings (SSSR count). The molecule has 0 heterocycles. The molecule has 0 radical (unpaired) electrons. The molecular weight excluding hydrogens is 316 g/mol. The van der Waals surface area contributed by atoms with Crippen LogP contribution in [-0.2, 0) is 4.79 Å². The van der Waals surface area contributed by atoms with Crippen molar-refractivity contribution in [2.75, 3.05) is 5.32 Å². The number of aromatic carboxylic acids is 1. The highest BCUT2D eigenvalue weighted by Crippen LogP contribution is 2.15. The van der Waals surface area contributed by atoms with Gasteiger partial charge in [-0.25, -0.2) is 0 Å². The van der Waals surface area contributed by atoms with Crippen molar-refractivity contribution < 1.29 is 14.7 Å². The van der Waals surface area contributed by atoms with Crippen LogP contribution in [0.3, 0.4) is 0 Å². The number of carbonyl (C=O) groups excluding carboxylic acids is 2. The largest absolute Gasteiger partial charge is 0.545 e. The monoisotopic (exact) mass is 325 g/mol. The second-order valence-corrected chi connectivity index (χ2v) is 4.98. The fourth-order valence-corrected chi connectivity index (χ4v) is 1.89. The van der Waals surface area contributed by atoms with Crippen molar-refractivity contribution in [3.05, 3.63) is 70.3 Å². The van der Waals surface area contributed by atoms with Crippen LogP contribution in [-0.4, -0.2) is 11.9 Å². The number of amides is 1. The summed E-state index contributed by atoms with van der Waals surface area (Å²) in [7, 11) is 0. The highest BCUT2D eigenvalue weighted by molar-refractivity contribution is 6.30. The molecule has 0 bridgehead atoms. The van der Waals surface area contributed by atoms with E-state index in [0.29, 0.717) is 16.3 Å². The predicted octanol–water partition coefficient (Wildman–Crippen LogP) is 2.25. The quantitative estimate of drug-likeness (QED) is 0.689. The number of hydrogen-bond acceptors (Lipinski definition) is 4. The molecule has 0 atom stereocenters. The molecule has 0 aromatic heterocycles. The number of carboxylic acid groups (broad SMARTS) is 1. The Labute approximate surface area is 137 Å². The lowest BCUT2D eigenvalue weighted by Crippen LogP contribution is -2.21. The van der Waals surface area contributed by atoms with E-state index in [1.54, 1.807) is 24.3 Å². The summed E-state index contributed by atoms with van der Waals surface area (Å²) < 4.78 is 0. The minimum Gasteiger partial charge on any atom is -0.545 e. The number of nitrogens with zero attached hydrogens (tertiary/aromatic N) is 1. The molecule has 1 N–H and O–H groups in total. The standard InChI is InChI=1S/C17H11ClN2O3/c18-14-5-7-15(8-6-14)20-16(21)13(10-19)9-11-1-3-12(4-2-11)17(22)23/h1-9H,(H,20,21)(H,22,23)/p-1/b13-9-. The van der Waals surface area contributed by atoms with E-state index in [1.165, 1.54) is 30.3 Å². The number of carboxylic acids is 1. The van der Waals surface area contributed by atoms with Crippen LogP contribution in [0.15, 0.2) is 54.1 Å². The first-order valence-corrected chi connectivity index (χ1v) is 6.87. The van der Waals surface area contributed by atoms with Crippen LogP contribution in [0.2, 0.25) is 5.02 Å². The summed E-state index contributed by atoms with van der Waals surface area (Å²) in [5.74, 6) is -1.86. The molecule has 2 aromatic carbocycles. The Morgan fingerprint density at radius 1 is 1.09 bits per heavy atom. The first-order chi connectivity index (χ1) is 11.0. The number of rotatable bonds is 4. The molecule has 5 nitrogen and oxygen atoms in total. The number of benzene rings is 2. The lowest BCUT2D eigenvalue weighted by molar-refractivity contribution is -0.255. The van der Waals surface area contributed by atoms with Gasteiger partial charge in [0.25, 0.3) is 5.91 Å². The minimum atomic E-state index is -1.29. The SMILES string of the molecule is N#C/C(=C/c1ccc(C(=O)[O-])cc1)C(=O)Nc1ccc(Cl)cc1. The third kappa shape index (κ3) is 4.43. The fourth-order valence-electron chi connectivity index (χ4n) is 1.76. The van der Waals surface area contributed by atoms with Gasteiger partial charge in [-0.05, 0) is 41.5 Å². The van der Waals surface area contributed by atoms with Gasteiger partial charge in [0, 0.05) is 10.7 Å². The summed E-state index contributed by atoms with van der Waals surface area (Å²) in [5.41, 5.74) is 0.943. The first kappa shape index (κ1) is 16.3. The van der Waals surface area contributed by atoms with E-state index < -0.39 is 11.9 Å². The van der Waals surface area contributed by atoms with Crippen LogP contribution in [0.25, 0.3) is 6.08 Å². The normalized spacial score (nSPS) is 10.7. The molecule has 6 heteroatoms.